The SMILES string of the molecule is C1=C2CCC(C1)C2.NP(O)O. The van der Waals surface area contributed by atoms with Gasteiger partial charge in [0.15, 0.2) is 0 Å². The lowest BCUT2D eigenvalue weighted by molar-refractivity contribution is 0.485. The molecular weight excluding hydrogens is 161 g/mol. The van der Waals surface area contributed by atoms with Crippen molar-refractivity contribution < 1.29 is 9.79 Å². The molecule has 0 amide bonds. The van der Waals surface area contributed by atoms with E-state index in [1.165, 1.54) is 25.7 Å². The van der Waals surface area contributed by atoms with E-state index in [0.717, 1.165) is 5.92 Å². The largest absolute Gasteiger partial charge is 0.338 e. The number of hydrogen-bond acceptors (Lipinski definition) is 3. The van der Waals surface area contributed by atoms with E-state index in [1.807, 2.05) is 0 Å². The molecular formula is C7H14NO2P. The van der Waals surface area contributed by atoms with Crippen molar-refractivity contribution in [1.29, 1.82) is 0 Å². The Labute approximate surface area is 67.9 Å². The van der Waals surface area contributed by atoms with E-state index in [-0.39, 0.29) is 0 Å². The second kappa shape index (κ2) is 4.17. The minimum atomic E-state index is -2.12. The highest BCUT2D eigenvalue weighted by atomic mass is 31.2. The van der Waals surface area contributed by atoms with Crippen molar-refractivity contribution in [2.45, 2.75) is 25.7 Å². The van der Waals surface area contributed by atoms with E-state index in [9.17, 15) is 0 Å². The van der Waals surface area contributed by atoms with Gasteiger partial charge in [-0.3, -0.25) is 5.50 Å². The van der Waals surface area contributed by atoms with Crippen LogP contribution < -0.4 is 5.50 Å². The smallest absolute Gasteiger partial charge is 0.247 e. The zero-order valence-corrected chi connectivity index (χ0v) is 7.30. The first-order valence-electron chi connectivity index (χ1n) is 3.79. The molecule has 0 aromatic rings. The van der Waals surface area contributed by atoms with Crippen molar-refractivity contribution in [3.8, 4) is 0 Å². The highest BCUT2D eigenvalue weighted by Gasteiger charge is 2.22. The van der Waals surface area contributed by atoms with Crippen LogP contribution in [0, 0.1) is 5.92 Å². The Morgan fingerprint density at radius 1 is 1.55 bits per heavy atom. The van der Waals surface area contributed by atoms with Crippen LogP contribution in [0.1, 0.15) is 25.7 Å². The molecule has 0 radical (unpaired) electrons. The van der Waals surface area contributed by atoms with Gasteiger partial charge in [-0.1, -0.05) is 11.6 Å². The second-order valence-electron chi connectivity index (χ2n) is 3.03. The number of allylic oxidation sites excluding steroid dienone is 2. The van der Waals surface area contributed by atoms with Crippen LogP contribution in [-0.4, -0.2) is 9.79 Å². The Hall–Kier alpha value is 0.0500. The maximum absolute atomic E-state index is 7.45. The van der Waals surface area contributed by atoms with Gasteiger partial charge in [0.25, 0.3) is 0 Å². The summed E-state index contributed by atoms with van der Waals surface area (Å²) in [6.45, 7) is 0. The summed E-state index contributed by atoms with van der Waals surface area (Å²) in [6.07, 6.45) is 8.18. The molecule has 1 fully saturated rings. The van der Waals surface area contributed by atoms with Crippen LogP contribution in [0.5, 0.6) is 0 Å². The molecule has 1 unspecified atom stereocenters. The van der Waals surface area contributed by atoms with Gasteiger partial charge in [-0.15, -0.1) is 0 Å². The van der Waals surface area contributed by atoms with Gasteiger partial charge in [-0.25, -0.2) is 0 Å². The molecule has 4 heteroatoms. The third kappa shape index (κ3) is 3.30. The Balaban J connectivity index is 0.000000134. The van der Waals surface area contributed by atoms with Gasteiger partial charge < -0.3 is 9.79 Å². The van der Waals surface area contributed by atoms with Gasteiger partial charge in [0, 0.05) is 0 Å². The summed E-state index contributed by atoms with van der Waals surface area (Å²) in [5.74, 6) is 1.08. The van der Waals surface area contributed by atoms with Crippen molar-refractivity contribution in [2.75, 3.05) is 0 Å². The highest BCUT2D eigenvalue weighted by molar-refractivity contribution is 7.42. The Morgan fingerprint density at radius 2 is 2.18 bits per heavy atom. The number of nitrogens with two attached hydrogens (primary N) is 1. The zero-order valence-electron chi connectivity index (χ0n) is 6.40. The molecule has 0 spiro atoms. The first-order chi connectivity index (χ1) is 5.18. The van der Waals surface area contributed by atoms with Gasteiger partial charge in [0.05, 0.1) is 0 Å². The van der Waals surface area contributed by atoms with E-state index in [0.29, 0.717) is 0 Å². The minimum absolute atomic E-state index is 1.08. The molecule has 3 nitrogen and oxygen atoms in total. The fraction of sp³-hybridized carbons (Fsp3) is 0.714. The summed E-state index contributed by atoms with van der Waals surface area (Å²) in [4.78, 5) is 14.9. The molecule has 2 aliphatic rings. The van der Waals surface area contributed by atoms with Crippen LogP contribution in [0.2, 0.25) is 0 Å². The molecule has 0 heterocycles. The van der Waals surface area contributed by atoms with Crippen molar-refractivity contribution in [3.05, 3.63) is 11.6 Å². The van der Waals surface area contributed by atoms with Crippen molar-refractivity contribution in [1.82, 2.24) is 0 Å². The maximum Gasteiger partial charge on any atom is 0.247 e. The van der Waals surface area contributed by atoms with Gasteiger partial charge in [0.2, 0.25) is 8.53 Å². The molecule has 4 N–H and O–H groups in total. The number of fused-ring (bicyclic) bond motifs is 2. The standard InChI is InChI=1S/C7H10.H4NO2P/c1-2-7-4-3-6(1)5-7;1-4(2)3/h1,7H,2-5H2;2-3H,1H2. The molecule has 0 aromatic heterocycles. The molecule has 11 heavy (non-hydrogen) atoms. The van der Waals surface area contributed by atoms with Crippen LogP contribution in [0.3, 0.4) is 0 Å². The summed E-state index contributed by atoms with van der Waals surface area (Å²) in [6, 6.07) is 0. The minimum Gasteiger partial charge on any atom is -0.338 e. The predicted octanol–water partition coefficient (Wildman–Crippen LogP) is 1.27. The molecule has 0 saturated heterocycles. The van der Waals surface area contributed by atoms with E-state index < -0.39 is 8.53 Å². The summed E-state index contributed by atoms with van der Waals surface area (Å²) in [5, 5.41) is 0. The first-order valence-corrected chi connectivity index (χ1v) is 5.10. The van der Waals surface area contributed by atoms with Crippen LogP contribution in [0.25, 0.3) is 0 Å². The van der Waals surface area contributed by atoms with E-state index in [1.54, 1.807) is 5.57 Å². The number of rotatable bonds is 0. The van der Waals surface area contributed by atoms with Gasteiger partial charge in [-0.05, 0) is 31.6 Å². The summed E-state index contributed by atoms with van der Waals surface area (Å²) >= 11 is 0. The fourth-order valence-electron chi connectivity index (χ4n) is 1.68. The molecule has 0 aliphatic heterocycles. The fourth-order valence-corrected chi connectivity index (χ4v) is 1.68. The summed E-state index contributed by atoms with van der Waals surface area (Å²) in [7, 11) is -2.12. The normalized spacial score (nSPS) is 26.5. The van der Waals surface area contributed by atoms with Crippen molar-refractivity contribution >= 4 is 8.53 Å². The topological polar surface area (TPSA) is 66.5 Å². The highest BCUT2D eigenvalue weighted by Crippen LogP contribution is 2.38. The van der Waals surface area contributed by atoms with Gasteiger partial charge >= 0.3 is 0 Å². The quantitative estimate of drug-likeness (QED) is 0.383. The molecule has 0 aromatic carbocycles. The van der Waals surface area contributed by atoms with Crippen LogP contribution in [0.15, 0.2) is 11.6 Å². The first kappa shape index (κ1) is 9.14. The Morgan fingerprint density at radius 3 is 2.27 bits per heavy atom. The van der Waals surface area contributed by atoms with Crippen molar-refractivity contribution in [3.63, 3.8) is 0 Å². The van der Waals surface area contributed by atoms with Crippen LogP contribution in [0.4, 0.5) is 0 Å². The summed E-state index contributed by atoms with van der Waals surface area (Å²) < 4.78 is 0. The maximum atomic E-state index is 7.45. The zero-order chi connectivity index (χ0) is 8.27. The summed E-state index contributed by atoms with van der Waals surface area (Å²) in [5.41, 5.74) is 6.03. The van der Waals surface area contributed by atoms with E-state index in [2.05, 4.69) is 11.6 Å². The molecule has 2 aliphatic carbocycles. The average molecular weight is 175 g/mol. The van der Waals surface area contributed by atoms with Crippen LogP contribution in [-0.2, 0) is 0 Å². The lowest BCUT2D eigenvalue weighted by atomic mass is 10.1. The van der Waals surface area contributed by atoms with E-state index in [4.69, 9.17) is 9.79 Å². The van der Waals surface area contributed by atoms with Gasteiger partial charge in [0.1, 0.15) is 0 Å². The molecule has 1 atom stereocenters. The second-order valence-corrected chi connectivity index (χ2v) is 3.67. The lowest BCUT2D eigenvalue weighted by Crippen LogP contribution is -1.85. The van der Waals surface area contributed by atoms with Crippen LogP contribution >= 0.6 is 8.53 Å². The lowest BCUT2D eigenvalue weighted by Gasteiger charge is -1.98. The Bertz CT molecular complexity index is 156. The predicted molar refractivity (Wildman–Crippen MR) is 45.6 cm³/mol. The van der Waals surface area contributed by atoms with E-state index >= 15 is 0 Å². The third-order valence-corrected chi connectivity index (χ3v) is 2.16. The van der Waals surface area contributed by atoms with Crippen molar-refractivity contribution in [2.24, 2.45) is 11.4 Å². The average Bonchev–Trinajstić information content (AvgIpc) is 2.45. The third-order valence-electron chi connectivity index (χ3n) is 2.16. The molecule has 2 bridgehead atoms. The molecule has 2 rings (SSSR count). The van der Waals surface area contributed by atoms with Gasteiger partial charge in [-0.2, -0.15) is 0 Å². The molecule has 64 valence electrons. The molecule has 1 saturated carbocycles. The Kier molecular flexibility index (Phi) is 3.46. The monoisotopic (exact) mass is 175 g/mol. The number of hydrogen-bond donors (Lipinski definition) is 3.